The number of pyridine rings is 1. The highest BCUT2D eigenvalue weighted by molar-refractivity contribution is 7.59. The van der Waals surface area contributed by atoms with Crippen molar-refractivity contribution >= 4 is 64.2 Å². The van der Waals surface area contributed by atoms with Crippen molar-refractivity contribution in [2.75, 3.05) is 19.0 Å². The van der Waals surface area contributed by atoms with Crippen molar-refractivity contribution in [1.82, 2.24) is 25.5 Å². The summed E-state index contributed by atoms with van der Waals surface area (Å²) in [6.07, 6.45) is 3.27. The molecule has 3 aliphatic rings. The molecule has 2 saturated carbocycles. The fourth-order valence-electron chi connectivity index (χ4n) is 8.40. The minimum Gasteiger partial charge on any atom is -0.497 e. The lowest BCUT2D eigenvalue weighted by atomic mass is 9.85. The first-order valence-electron chi connectivity index (χ1n) is 21.1. The van der Waals surface area contributed by atoms with Crippen LogP contribution in [0.25, 0.3) is 22.3 Å². The number of amides is 3. The van der Waals surface area contributed by atoms with Crippen molar-refractivity contribution in [2.24, 2.45) is 11.3 Å². The van der Waals surface area contributed by atoms with Crippen LogP contribution in [0.15, 0.2) is 66.6 Å². The molecule has 2 aliphatic carbocycles. The first-order valence-corrected chi connectivity index (χ1v) is 24.2. The highest BCUT2D eigenvalue weighted by Crippen LogP contribution is 2.71. The normalized spacial score (nSPS) is 22.8. The van der Waals surface area contributed by atoms with Crippen LogP contribution < -0.4 is 25.4 Å². The monoisotopic (exact) mass is 906 g/mol. The van der Waals surface area contributed by atoms with Gasteiger partial charge < -0.3 is 40.0 Å². The number of carbonyl (C=O) groups is 3. The number of nitrogens with one attached hydrogen (secondary N) is 3. The molecule has 0 bridgehead atoms. The summed E-state index contributed by atoms with van der Waals surface area (Å²) in [7, 11) is -2.62. The van der Waals surface area contributed by atoms with Crippen LogP contribution in [0.2, 0.25) is 5.02 Å². The van der Waals surface area contributed by atoms with Gasteiger partial charge in [0, 0.05) is 46.3 Å². The smallest absolute Gasteiger partial charge is 0.408 e. The van der Waals surface area contributed by atoms with Crippen molar-refractivity contribution in [3.05, 3.63) is 77.2 Å². The summed E-state index contributed by atoms with van der Waals surface area (Å²) in [6.45, 7) is 13.4. The number of benzene rings is 2. The molecular weight excluding hydrogens is 851 g/mol. The topological polar surface area (TPSA) is 181 Å². The number of ether oxygens (including phenoxy) is 3. The van der Waals surface area contributed by atoms with Crippen molar-refractivity contribution in [2.45, 2.75) is 115 Å². The molecule has 4 aromatic rings. The Hall–Kier alpha value is -4.69. The Morgan fingerprint density at radius 2 is 1.84 bits per heavy atom. The molecule has 4 N–H and O–H groups in total. The third-order valence-electron chi connectivity index (χ3n) is 11.8. The maximum absolute atomic E-state index is 14.9. The average Bonchev–Trinajstić information content (AvgIpc) is 3.61. The van der Waals surface area contributed by atoms with Gasteiger partial charge in [0.1, 0.15) is 46.8 Å². The number of alkyl carbamates (subject to hydrolysis) is 1. The third kappa shape index (κ3) is 9.76. The van der Waals surface area contributed by atoms with E-state index in [1.165, 1.54) is 16.2 Å². The van der Waals surface area contributed by atoms with E-state index in [-0.39, 0.29) is 37.7 Å². The van der Waals surface area contributed by atoms with Gasteiger partial charge in [0.25, 0.3) is 0 Å². The molecule has 3 fully saturated rings. The number of hydrogen-bond donors (Lipinski definition) is 4. The van der Waals surface area contributed by atoms with E-state index >= 15 is 0 Å². The summed E-state index contributed by atoms with van der Waals surface area (Å²) in [5, 5.41) is 11.2. The van der Waals surface area contributed by atoms with Crippen molar-refractivity contribution in [3.8, 4) is 22.9 Å². The first kappa shape index (κ1) is 45.3. The molecule has 62 heavy (non-hydrogen) atoms. The number of fused-ring (bicyclic) bond motifs is 1. The fourth-order valence-corrected chi connectivity index (χ4v) is 12.0. The van der Waals surface area contributed by atoms with Crippen molar-refractivity contribution in [1.29, 1.82) is 0 Å². The Bertz CT molecular complexity index is 2380. The van der Waals surface area contributed by atoms with Gasteiger partial charge in [-0.25, -0.2) is 14.8 Å². The highest BCUT2D eigenvalue weighted by atomic mass is 35.5. The number of halogens is 1. The number of carbonyl (C=O) groups excluding carboxylic acids is 3. The number of rotatable bonds is 15. The molecule has 7 rings (SSSR count). The van der Waals surface area contributed by atoms with Crippen molar-refractivity contribution in [3.63, 3.8) is 0 Å². The van der Waals surface area contributed by atoms with Gasteiger partial charge >= 0.3 is 6.09 Å². The van der Waals surface area contributed by atoms with Gasteiger partial charge in [-0.3, -0.25) is 14.2 Å². The molecule has 14 nitrogen and oxygen atoms in total. The van der Waals surface area contributed by atoms with E-state index in [1.807, 2.05) is 46.1 Å². The predicted molar refractivity (Wildman–Crippen MR) is 242 cm³/mol. The number of hydrogen-bond acceptors (Lipinski definition) is 11. The molecule has 6 atom stereocenters. The lowest BCUT2D eigenvalue weighted by Crippen LogP contribution is -2.58. The average molecular weight is 907 g/mol. The Morgan fingerprint density at radius 3 is 2.50 bits per heavy atom. The van der Waals surface area contributed by atoms with E-state index in [0.717, 1.165) is 30.8 Å². The zero-order chi connectivity index (χ0) is 44.6. The van der Waals surface area contributed by atoms with Gasteiger partial charge in [0.2, 0.25) is 19.2 Å². The van der Waals surface area contributed by atoms with E-state index in [1.54, 1.807) is 55.7 Å². The Labute approximate surface area is 371 Å². The molecule has 0 radical (unpaired) electrons. The summed E-state index contributed by atoms with van der Waals surface area (Å²) >= 11 is 7.89. The fraction of sp³-hybridized carbons (Fsp3) is 0.489. The van der Waals surface area contributed by atoms with Crippen molar-refractivity contribution < 1.29 is 38.1 Å². The number of anilines is 1. The number of aromatic nitrogens is 2. The standard InChI is InChI=1S/C45H56ClN6O8PS/c1-8-28-22-45(28,61(56,57)24-27-13-9-12-16-33(27)46)51-40(53)37-20-31(23-52(37)41(54)39(44(4,5)6)50-43(55)60-29-14-10-11-15-29)59-38-21-35(36-25-62-42(49-36)47-26(2)3)48-34-19-30(58-7)17-18-32(34)38/h8-9,12-13,16-19,21,25-26,28-29,31,37,39H,1,10-11,14-15,20,22-24H2,2-7H3,(H,47,49)(H,50,55)(H,51,53)(H,56,57)/t28-,31-,37+,39-,45+/m1/s1. The SMILES string of the molecule is C=C[C@@H]1C[C@]1(NC(=O)[C@@H]1C[C@@H](Oc2cc(-c3csc(NC(C)C)n3)nc3cc(OC)ccc23)CN1C(=O)[C@@H](NC(=O)OC1CCCC1)C(C)(C)C)P(=O)(O)Cc1ccccc1Cl. The molecule has 1 saturated heterocycles. The largest absolute Gasteiger partial charge is 0.497 e. The minimum absolute atomic E-state index is 0.0322. The number of likely N-dealkylation sites (tertiary alicyclic amines) is 1. The summed E-state index contributed by atoms with van der Waals surface area (Å²) in [4.78, 5) is 65.8. The van der Waals surface area contributed by atoms with Gasteiger partial charge in [0.05, 0.1) is 31.0 Å². The minimum atomic E-state index is -4.19. The van der Waals surface area contributed by atoms with E-state index in [2.05, 4.69) is 22.5 Å². The molecule has 2 aromatic carbocycles. The molecule has 3 amide bonds. The van der Waals surface area contributed by atoms with Crippen LogP contribution in [0.1, 0.15) is 78.7 Å². The van der Waals surface area contributed by atoms with Crippen LogP contribution >= 0.6 is 30.3 Å². The summed E-state index contributed by atoms with van der Waals surface area (Å²) in [5.41, 5.74) is 1.44. The maximum Gasteiger partial charge on any atom is 0.408 e. The van der Waals surface area contributed by atoms with Gasteiger partial charge in [-0.15, -0.1) is 17.9 Å². The number of thiazole rings is 1. The van der Waals surface area contributed by atoms with Gasteiger partial charge in [-0.1, -0.05) is 56.6 Å². The van der Waals surface area contributed by atoms with Crippen LogP contribution in [0, 0.1) is 11.3 Å². The maximum atomic E-state index is 14.9. The lowest BCUT2D eigenvalue weighted by molar-refractivity contribution is -0.142. The van der Waals surface area contributed by atoms with Crippen LogP contribution in [0.4, 0.5) is 9.93 Å². The molecule has 332 valence electrons. The van der Waals surface area contributed by atoms with Crippen LogP contribution in [0.5, 0.6) is 11.5 Å². The molecule has 2 aromatic heterocycles. The van der Waals surface area contributed by atoms with Gasteiger partial charge in [-0.2, -0.15) is 0 Å². The highest BCUT2D eigenvalue weighted by Gasteiger charge is 2.66. The molecular formula is C45H56ClN6O8PS. The van der Waals surface area contributed by atoms with Crippen LogP contribution in [-0.4, -0.2) is 86.9 Å². The third-order valence-corrected chi connectivity index (χ3v) is 15.6. The summed E-state index contributed by atoms with van der Waals surface area (Å²) < 4.78 is 32.4. The number of nitrogens with zero attached hydrogens (tertiary/aromatic N) is 3. The quantitative estimate of drug-likeness (QED) is 0.0662. The van der Waals surface area contributed by atoms with E-state index < -0.39 is 60.1 Å². The van der Waals surface area contributed by atoms with E-state index in [9.17, 15) is 23.8 Å². The second-order valence-electron chi connectivity index (χ2n) is 17.9. The lowest BCUT2D eigenvalue weighted by Gasteiger charge is -2.36. The zero-order valence-electron chi connectivity index (χ0n) is 36.0. The first-order chi connectivity index (χ1) is 29.4. The zero-order valence-corrected chi connectivity index (χ0v) is 38.4. The molecule has 0 spiro atoms. The van der Waals surface area contributed by atoms with Crippen LogP contribution in [0.3, 0.4) is 0 Å². The van der Waals surface area contributed by atoms with Gasteiger partial charge in [0.15, 0.2) is 5.13 Å². The molecule has 17 heteroatoms. The second-order valence-corrected chi connectivity index (χ2v) is 21.7. The molecule has 3 heterocycles. The van der Waals surface area contributed by atoms with Crippen LogP contribution in [-0.2, 0) is 25.1 Å². The predicted octanol–water partition coefficient (Wildman–Crippen LogP) is 8.76. The Morgan fingerprint density at radius 1 is 1.10 bits per heavy atom. The van der Waals surface area contributed by atoms with E-state index in [4.69, 9.17) is 35.8 Å². The second kappa shape index (κ2) is 18.2. The Kier molecular flexibility index (Phi) is 13.3. The van der Waals surface area contributed by atoms with E-state index in [0.29, 0.717) is 44.4 Å². The van der Waals surface area contributed by atoms with Gasteiger partial charge in [-0.05, 0) is 75.1 Å². The number of methoxy groups -OCH3 is 1. The Balaban J connectivity index is 1.22. The summed E-state index contributed by atoms with van der Waals surface area (Å²) in [5.74, 6) is -0.595. The molecule has 1 unspecified atom stereocenters. The molecule has 1 aliphatic heterocycles. The summed E-state index contributed by atoms with van der Waals surface area (Å²) in [6, 6.07) is 12.0.